The molecule has 0 aliphatic rings. The van der Waals surface area contributed by atoms with Crippen LogP contribution in [0.3, 0.4) is 0 Å². The highest BCUT2D eigenvalue weighted by Gasteiger charge is 2.27. The van der Waals surface area contributed by atoms with Crippen LogP contribution in [0.15, 0.2) is 47.3 Å². The van der Waals surface area contributed by atoms with Crippen LogP contribution >= 0.6 is 11.6 Å². The number of halogens is 2. The lowest BCUT2D eigenvalue weighted by molar-refractivity contribution is 0.0876. The van der Waals surface area contributed by atoms with Crippen molar-refractivity contribution < 1.29 is 13.6 Å². The number of benzene rings is 1. The third-order valence-electron chi connectivity index (χ3n) is 5.04. The fraction of sp³-hybridized carbons (Fsp3) is 0.227. The Morgan fingerprint density at radius 2 is 2.03 bits per heavy atom. The van der Waals surface area contributed by atoms with E-state index in [0.29, 0.717) is 28.7 Å². The van der Waals surface area contributed by atoms with Crippen molar-refractivity contribution in [3.63, 3.8) is 0 Å². The lowest BCUT2D eigenvalue weighted by Crippen LogP contribution is -2.41. The smallest absolute Gasteiger partial charge is 0.307 e. The lowest BCUT2D eigenvalue weighted by Gasteiger charge is -2.26. The van der Waals surface area contributed by atoms with Gasteiger partial charge >= 0.3 is 5.91 Å². The monoisotopic (exact) mass is 469 g/mol. The van der Waals surface area contributed by atoms with Crippen LogP contribution in [0.4, 0.5) is 16.2 Å². The van der Waals surface area contributed by atoms with E-state index in [0.717, 1.165) is 5.56 Å². The molecule has 9 nitrogen and oxygen atoms in total. The first kappa shape index (κ1) is 22.4. The first-order valence-corrected chi connectivity index (χ1v) is 10.3. The van der Waals surface area contributed by atoms with Gasteiger partial charge in [0.1, 0.15) is 29.3 Å². The molecule has 0 saturated heterocycles. The minimum Gasteiger partial charge on any atom is -0.440 e. The van der Waals surface area contributed by atoms with Crippen molar-refractivity contribution in [2.45, 2.75) is 26.3 Å². The molecule has 33 heavy (non-hydrogen) atoms. The Hall–Kier alpha value is -3.79. The number of hydrogen-bond acceptors (Lipinski definition) is 7. The van der Waals surface area contributed by atoms with Gasteiger partial charge in [-0.05, 0) is 44.0 Å². The second-order valence-electron chi connectivity index (χ2n) is 7.94. The molecule has 11 heteroatoms. The predicted molar refractivity (Wildman–Crippen MR) is 121 cm³/mol. The normalized spacial score (nSPS) is 11.5. The van der Waals surface area contributed by atoms with Gasteiger partial charge in [-0.3, -0.25) is 9.48 Å². The largest absolute Gasteiger partial charge is 0.440 e. The fourth-order valence-corrected chi connectivity index (χ4v) is 3.33. The van der Waals surface area contributed by atoms with E-state index in [1.165, 1.54) is 18.4 Å². The standard InChI is InChI=1S/C22H21ClFN7O2/c1-12-10-25-21(28-17-7-8-26-31(17)4)29-18(12)16-11-33-20(27-16)19(32)30-22(2,3)13-5-6-15(24)14(23)9-13/h5-11H,1-4H3,(H,30,32)(H,25,28,29). The third kappa shape index (κ3) is 4.70. The van der Waals surface area contributed by atoms with Crippen molar-refractivity contribution in [1.29, 1.82) is 0 Å². The highest BCUT2D eigenvalue weighted by molar-refractivity contribution is 6.30. The van der Waals surface area contributed by atoms with Gasteiger partial charge in [0, 0.05) is 19.3 Å². The molecular weight excluding hydrogens is 449 g/mol. The molecule has 3 heterocycles. The summed E-state index contributed by atoms with van der Waals surface area (Å²) in [5, 5.41) is 9.98. The maximum absolute atomic E-state index is 13.5. The van der Waals surface area contributed by atoms with E-state index in [2.05, 4.69) is 30.7 Å². The molecule has 0 saturated carbocycles. The van der Waals surface area contributed by atoms with Gasteiger partial charge in [-0.15, -0.1) is 0 Å². The Balaban J connectivity index is 1.55. The SMILES string of the molecule is Cc1cnc(Nc2ccnn2C)nc1-c1coc(C(=O)NC(C)(C)c2ccc(F)c(Cl)c2)n1. The number of aromatic nitrogens is 5. The Labute approximate surface area is 194 Å². The van der Waals surface area contributed by atoms with Gasteiger partial charge in [-0.2, -0.15) is 5.10 Å². The molecule has 0 bridgehead atoms. The zero-order valence-corrected chi connectivity index (χ0v) is 19.1. The number of carbonyl (C=O) groups is 1. The summed E-state index contributed by atoms with van der Waals surface area (Å²) in [7, 11) is 1.79. The van der Waals surface area contributed by atoms with Crippen molar-refractivity contribution >= 4 is 29.3 Å². The fourth-order valence-electron chi connectivity index (χ4n) is 3.15. The molecule has 0 spiro atoms. The predicted octanol–water partition coefficient (Wildman–Crippen LogP) is 4.37. The van der Waals surface area contributed by atoms with Crippen molar-refractivity contribution in [3.8, 4) is 11.4 Å². The van der Waals surface area contributed by atoms with E-state index in [-0.39, 0.29) is 10.9 Å². The topological polar surface area (TPSA) is 111 Å². The van der Waals surface area contributed by atoms with E-state index < -0.39 is 17.3 Å². The van der Waals surface area contributed by atoms with Crippen molar-refractivity contribution in [3.05, 3.63) is 70.8 Å². The van der Waals surface area contributed by atoms with Gasteiger partial charge in [-0.25, -0.2) is 19.3 Å². The van der Waals surface area contributed by atoms with E-state index in [1.54, 1.807) is 50.1 Å². The third-order valence-corrected chi connectivity index (χ3v) is 5.33. The summed E-state index contributed by atoms with van der Waals surface area (Å²) in [5.74, 6) is -0.134. The number of aryl methyl sites for hydroxylation is 2. The van der Waals surface area contributed by atoms with Crippen LogP contribution in [0.1, 0.15) is 35.7 Å². The van der Waals surface area contributed by atoms with Crippen LogP contribution in [-0.4, -0.2) is 30.6 Å². The first-order chi connectivity index (χ1) is 15.6. The molecule has 2 N–H and O–H groups in total. The molecule has 4 rings (SSSR count). The number of rotatable bonds is 6. The van der Waals surface area contributed by atoms with E-state index in [9.17, 15) is 9.18 Å². The van der Waals surface area contributed by atoms with Crippen LogP contribution in [0.5, 0.6) is 0 Å². The van der Waals surface area contributed by atoms with E-state index in [1.807, 2.05) is 6.92 Å². The van der Waals surface area contributed by atoms with Crippen molar-refractivity contribution in [1.82, 2.24) is 30.0 Å². The maximum Gasteiger partial charge on any atom is 0.307 e. The summed E-state index contributed by atoms with van der Waals surface area (Å²) >= 11 is 5.88. The van der Waals surface area contributed by atoms with E-state index in [4.69, 9.17) is 16.0 Å². The van der Waals surface area contributed by atoms with Crippen LogP contribution in [-0.2, 0) is 12.6 Å². The number of nitrogens with zero attached hydrogens (tertiary/aromatic N) is 5. The van der Waals surface area contributed by atoms with Gasteiger partial charge in [-0.1, -0.05) is 17.7 Å². The average molecular weight is 470 g/mol. The van der Waals surface area contributed by atoms with Gasteiger partial charge in [0.05, 0.1) is 16.8 Å². The van der Waals surface area contributed by atoms with Crippen molar-refractivity contribution in [2.24, 2.45) is 7.05 Å². The molecule has 0 aliphatic carbocycles. The average Bonchev–Trinajstić information content (AvgIpc) is 3.41. The summed E-state index contributed by atoms with van der Waals surface area (Å²) in [6, 6.07) is 6.07. The van der Waals surface area contributed by atoms with Crippen LogP contribution in [0.2, 0.25) is 5.02 Å². The van der Waals surface area contributed by atoms with E-state index >= 15 is 0 Å². The summed E-state index contributed by atoms with van der Waals surface area (Å²) in [5.41, 5.74) is 1.44. The van der Waals surface area contributed by atoms with Crippen molar-refractivity contribution in [2.75, 3.05) is 5.32 Å². The highest BCUT2D eigenvalue weighted by Crippen LogP contribution is 2.26. The number of nitrogens with one attached hydrogen (secondary N) is 2. The number of hydrogen-bond donors (Lipinski definition) is 2. The summed E-state index contributed by atoms with van der Waals surface area (Å²) in [4.78, 5) is 25.9. The minimum atomic E-state index is -0.853. The molecule has 0 radical (unpaired) electrons. The summed E-state index contributed by atoms with van der Waals surface area (Å²) < 4.78 is 20.6. The molecule has 0 aliphatic heterocycles. The lowest BCUT2D eigenvalue weighted by atomic mass is 9.94. The number of carbonyl (C=O) groups excluding carboxylic acids is 1. The zero-order chi connectivity index (χ0) is 23.8. The van der Waals surface area contributed by atoms with Gasteiger partial charge < -0.3 is 15.1 Å². The Morgan fingerprint density at radius 1 is 1.24 bits per heavy atom. The first-order valence-electron chi connectivity index (χ1n) is 9.96. The quantitative estimate of drug-likeness (QED) is 0.431. The molecule has 1 aromatic carbocycles. The molecule has 3 aromatic heterocycles. The summed E-state index contributed by atoms with van der Waals surface area (Å²) in [6.07, 6.45) is 4.66. The second kappa shape index (κ2) is 8.62. The Kier molecular flexibility index (Phi) is 5.86. The molecule has 1 amide bonds. The van der Waals surface area contributed by atoms with Crippen LogP contribution < -0.4 is 10.6 Å². The van der Waals surface area contributed by atoms with Gasteiger partial charge in [0.15, 0.2) is 0 Å². The molecule has 4 aromatic rings. The van der Waals surface area contributed by atoms with Gasteiger partial charge in [0.2, 0.25) is 5.95 Å². The van der Waals surface area contributed by atoms with Gasteiger partial charge in [0.25, 0.3) is 5.89 Å². The second-order valence-corrected chi connectivity index (χ2v) is 8.34. The highest BCUT2D eigenvalue weighted by atomic mass is 35.5. The Bertz CT molecular complexity index is 1330. The Morgan fingerprint density at radius 3 is 2.73 bits per heavy atom. The molecule has 0 fully saturated rings. The number of oxazole rings is 1. The molecule has 170 valence electrons. The maximum atomic E-state index is 13.5. The van der Waals surface area contributed by atoms with Crippen LogP contribution in [0, 0.1) is 12.7 Å². The molecular formula is C22H21ClFN7O2. The molecule has 0 atom stereocenters. The zero-order valence-electron chi connectivity index (χ0n) is 18.3. The molecule has 0 unspecified atom stereocenters. The minimum absolute atomic E-state index is 0.0250. The van der Waals surface area contributed by atoms with Crippen LogP contribution in [0.25, 0.3) is 11.4 Å². The summed E-state index contributed by atoms with van der Waals surface area (Å²) in [6.45, 7) is 5.37. The number of amides is 1. The number of anilines is 2.